The van der Waals surface area contributed by atoms with Crippen LogP contribution < -0.4 is 5.32 Å². The summed E-state index contributed by atoms with van der Waals surface area (Å²) in [6.45, 7) is 3.11. The topological polar surface area (TPSA) is 82.6 Å². The fourth-order valence-electron chi connectivity index (χ4n) is 3.41. The fourth-order valence-corrected chi connectivity index (χ4v) is 4.97. The molecule has 2 aromatic rings. The maximum absolute atomic E-state index is 12.8. The highest BCUT2D eigenvalue weighted by Gasteiger charge is 2.35. The standard InChI is InChI=1S/C18H20N4O3S2/c1-21-4-6-22(7-5-21)17(25)11-9-12-15(13(23)10-11)27-18(19-12)20-16(24)14-3-2-8-26-14/h2-3,8,11H,4-7,9-10H2,1H3,(H,19,20,24)/t11-/m1/s1. The molecule has 1 N–H and O–H groups in total. The molecule has 2 aromatic heterocycles. The maximum Gasteiger partial charge on any atom is 0.267 e. The molecule has 2 aliphatic rings. The average Bonchev–Trinajstić information content (AvgIpc) is 3.31. The van der Waals surface area contributed by atoms with E-state index in [-0.39, 0.29) is 29.9 Å². The molecule has 0 saturated carbocycles. The van der Waals surface area contributed by atoms with Gasteiger partial charge in [0.1, 0.15) is 0 Å². The van der Waals surface area contributed by atoms with E-state index in [0.717, 1.165) is 13.1 Å². The summed E-state index contributed by atoms with van der Waals surface area (Å²) in [6, 6.07) is 3.55. The van der Waals surface area contributed by atoms with Gasteiger partial charge in [0.15, 0.2) is 10.9 Å². The summed E-state index contributed by atoms with van der Waals surface area (Å²) in [5, 5.41) is 5.01. The number of rotatable bonds is 3. The van der Waals surface area contributed by atoms with Gasteiger partial charge < -0.3 is 9.80 Å². The highest BCUT2D eigenvalue weighted by Crippen LogP contribution is 2.33. The van der Waals surface area contributed by atoms with Crippen molar-refractivity contribution in [2.75, 3.05) is 38.5 Å². The van der Waals surface area contributed by atoms with Crippen molar-refractivity contribution in [3.05, 3.63) is 33.0 Å². The number of likely N-dealkylation sites (N-methyl/N-ethyl adjacent to an activating group) is 1. The minimum Gasteiger partial charge on any atom is -0.340 e. The van der Waals surface area contributed by atoms with Gasteiger partial charge >= 0.3 is 0 Å². The lowest BCUT2D eigenvalue weighted by Gasteiger charge is -2.35. The number of amides is 2. The Hall–Kier alpha value is -2.10. The van der Waals surface area contributed by atoms with Crippen LogP contribution in [0.4, 0.5) is 5.13 Å². The van der Waals surface area contributed by atoms with Gasteiger partial charge in [-0.1, -0.05) is 17.4 Å². The Kier molecular flexibility index (Phi) is 5.07. The molecule has 9 heteroatoms. The number of carbonyl (C=O) groups excluding carboxylic acids is 3. The van der Waals surface area contributed by atoms with Crippen LogP contribution in [-0.2, 0) is 11.2 Å². The van der Waals surface area contributed by atoms with Gasteiger partial charge in [-0.3, -0.25) is 19.7 Å². The molecule has 4 rings (SSSR count). The van der Waals surface area contributed by atoms with E-state index >= 15 is 0 Å². The summed E-state index contributed by atoms with van der Waals surface area (Å²) in [5.74, 6) is -0.595. The Balaban J connectivity index is 1.46. The van der Waals surface area contributed by atoms with Crippen LogP contribution >= 0.6 is 22.7 Å². The highest BCUT2D eigenvalue weighted by molar-refractivity contribution is 7.18. The van der Waals surface area contributed by atoms with Gasteiger partial charge in [0.05, 0.1) is 21.4 Å². The van der Waals surface area contributed by atoms with Gasteiger partial charge in [-0.05, 0) is 18.5 Å². The molecule has 1 fully saturated rings. The number of nitrogens with one attached hydrogen (secondary N) is 1. The van der Waals surface area contributed by atoms with E-state index in [1.807, 2.05) is 23.4 Å². The van der Waals surface area contributed by atoms with E-state index in [2.05, 4.69) is 15.2 Å². The summed E-state index contributed by atoms with van der Waals surface area (Å²) >= 11 is 2.55. The molecule has 27 heavy (non-hydrogen) atoms. The lowest BCUT2D eigenvalue weighted by atomic mass is 9.88. The molecule has 1 aliphatic carbocycles. The van der Waals surface area contributed by atoms with Crippen molar-refractivity contribution in [3.8, 4) is 0 Å². The van der Waals surface area contributed by atoms with Crippen molar-refractivity contribution in [1.82, 2.24) is 14.8 Å². The Bertz CT molecular complexity index is 869. The molecule has 2 amide bonds. The van der Waals surface area contributed by atoms with Crippen molar-refractivity contribution in [2.24, 2.45) is 5.92 Å². The van der Waals surface area contributed by atoms with Gasteiger partial charge in [0, 0.05) is 39.0 Å². The predicted molar refractivity (Wildman–Crippen MR) is 105 cm³/mol. The number of ketones is 1. The average molecular weight is 405 g/mol. The van der Waals surface area contributed by atoms with Crippen LogP contribution in [-0.4, -0.2) is 65.6 Å². The summed E-state index contributed by atoms with van der Waals surface area (Å²) in [4.78, 5) is 47.2. The molecule has 142 valence electrons. The monoisotopic (exact) mass is 404 g/mol. The Labute approximate surface area is 165 Å². The molecule has 3 heterocycles. The van der Waals surface area contributed by atoms with Crippen LogP contribution in [0.5, 0.6) is 0 Å². The van der Waals surface area contributed by atoms with E-state index in [1.54, 1.807) is 6.07 Å². The first-order valence-electron chi connectivity index (χ1n) is 8.86. The van der Waals surface area contributed by atoms with Gasteiger partial charge in [-0.25, -0.2) is 4.98 Å². The molecule has 1 saturated heterocycles. The number of anilines is 1. The first-order chi connectivity index (χ1) is 13.0. The number of thiazole rings is 1. The van der Waals surface area contributed by atoms with Crippen molar-refractivity contribution in [1.29, 1.82) is 0 Å². The molecule has 0 spiro atoms. The van der Waals surface area contributed by atoms with Gasteiger partial charge in [0.25, 0.3) is 5.91 Å². The molecule has 1 aliphatic heterocycles. The number of piperazine rings is 1. The van der Waals surface area contributed by atoms with E-state index < -0.39 is 0 Å². The first-order valence-corrected chi connectivity index (χ1v) is 10.6. The van der Waals surface area contributed by atoms with Crippen LogP contribution in [0.25, 0.3) is 0 Å². The lowest BCUT2D eigenvalue weighted by Crippen LogP contribution is -2.50. The Morgan fingerprint density at radius 1 is 1.22 bits per heavy atom. The number of carbonyl (C=O) groups is 3. The summed E-state index contributed by atoms with van der Waals surface area (Å²) in [7, 11) is 2.04. The second-order valence-electron chi connectivity index (χ2n) is 6.88. The van der Waals surface area contributed by atoms with Gasteiger partial charge in [-0.2, -0.15) is 0 Å². The molecule has 1 atom stereocenters. The highest BCUT2D eigenvalue weighted by atomic mass is 32.1. The van der Waals surface area contributed by atoms with Crippen LogP contribution in [0.15, 0.2) is 17.5 Å². The fraction of sp³-hybridized carbons (Fsp3) is 0.444. The smallest absolute Gasteiger partial charge is 0.267 e. The zero-order valence-electron chi connectivity index (χ0n) is 14.9. The Morgan fingerprint density at radius 2 is 2.00 bits per heavy atom. The molecule has 0 bridgehead atoms. The van der Waals surface area contributed by atoms with Crippen molar-refractivity contribution in [2.45, 2.75) is 12.8 Å². The third-order valence-electron chi connectivity index (χ3n) is 4.95. The number of thiophene rings is 1. The van der Waals surface area contributed by atoms with Crippen molar-refractivity contribution < 1.29 is 14.4 Å². The lowest BCUT2D eigenvalue weighted by molar-refractivity contribution is -0.137. The summed E-state index contributed by atoms with van der Waals surface area (Å²) in [6.07, 6.45) is 0.677. The minimum atomic E-state index is -0.351. The second-order valence-corrected chi connectivity index (χ2v) is 8.83. The molecular formula is C18H20N4O3S2. The number of aromatic nitrogens is 1. The molecule has 0 unspecified atom stereocenters. The third kappa shape index (κ3) is 3.80. The molecule has 0 radical (unpaired) electrons. The number of fused-ring (bicyclic) bond motifs is 1. The largest absolute Gasteiger partial charge is 0.340 e. The van der Waals surface area contributed by atoms with Gasteiger partial charge in [0.2, 0.25) is 5.91 Å². The number of hydrogen-bond acceptors (Lipinski definition) is 7. The minimum absolute atomic E-state index is 0.0410. The number of Topliss-reactive ketones (excluding diaryl/α,β-unsaturated/α-hetero) is 1. The quantitative estimate of drug-likeness (QED) is 0.846. The van der Waals surface area contributed by atoms with Crippen LogP contribution in [0.1, 0.15) is 31.5 Å². The second kappa shape index (κ2) is 7.49. The third-order valence-corrected chi connectivity index (χ3v) is 6.87. The molecule has 7 nitrogen and oxygen atoms in total. The predicted octanol–water partition coefficient (Wildman–Crippen LogP) is 1.98. The normalized spacial score (nSPS) is 20.4. The van der Waals surface area contributed by atoms with E-state index in [4.69, 9.17) is 0 Å². The molecular weight excluding hydrogens is 384 g/mol. The van der Waals surface area contributed by atoms with Crippen LogP contribution in [0.2, 0.25) is 0 Å². The van der Waals surface area contributed by atoms with Crippen molar-refractivity contribution in [3.63, 3.8) is 0 Å². The number of hydrogen-bond donors (Lipinski definition) is 1. The zero-order valence-corrected chi connectivity index (χ0v) is 16.6. The van der Waals surface area contributed by atoms with E-state index in [0.29, 0.717) is 40.1 Å². The summed E-state index contributed by atoms with van der Waals surface area (Å²) in [5.41, 5.74) is 0.630. The Morgan fingerprint density at radius 3 is 2.70 bits per heavy atom. The number of nitrogens with zero attached hydrogens (tertiary/aromatic N) is 3. The zero-order chi connectivity index (χ0) is 19.0. The molecule has 0 aromatic carbocycles. The van der Waals surface area contributed by atoms with E-state index in [9.17, 15) is 14.4 Å². The van der Waals surface area contributed by atoms with Gasteiger partial charge in [-0.15, -0.1) is 11.3 Å². The SMILES string of the molecule is CN1CCN(C(=O)[C@H]2CC(=O)c3sc(NC(=O)c4cccs4)nc3C2)CC1. The first kappa shape index (κ1) is 18.3. The summed E-state index contributed by atoms with van der Waals surface area (Å²) < 4.78 is 0. The van der Waals surface area contributed by atoms with Crippen molar-refractivity contribution >= 4 is 45.4 Å². The van der Waals surface area contributed by atoms with Crippen LogP contribution in [0.3, 0.4) is 0 Å². The maximum atomic E-state index is 12.8. The van der Waals surface area contributed by atoms with E-state index in [1.165, 1.54) is 22.7 Å². The van der Waals surface area contributed by atoms with Crippen LogP contribution in [0, 0.1) is 5.92 Å².